The average Bonchev–Trinajstić information content (AvgIpc) is 2.64. The Kier molecular flexibility index (Phi) is 7.41. The molecule has 0 radical (unpaired) electrons. The number of amides is 1. The summed E-state index contributed by atoms with van der Waals surface area (Å²) in [4.78, 5) is 12.3. The van der Waals surface area contributed by atoms with Gasteiger partial charge in [-0.2, -0.15) is 0 Å². The molecule has 0 aromatic heterocycles. The van der Waals surface area contributed by atoms with Crippen molar-refractivity contribution in [3.05, 3.63) is 53.6 Å². The minimum absolute atomic E-state index is 0.203. The van der Waals surface area contributed by atoms with Gasteiger partial charge in [0.15, 0.2) is 17.6 Å². The Labute approximate surface area is 152 Å². The Balaban J connectivity index is 1.81. The lowest BCUT2D eigenvalue weighted by molar-refractivity contribution is -0.128. The van der Waals surface area contributed by atoms with Crippen LogP contribution >= 0.6 is 11.6 Å². The quantitative estimate of drug-likeness (QED) is 0.690. The molecule has 2 aromatic carbocycles. The predicted octanol–water partition coefficient (Wildman–Crippen LogP) is 3.70. The second kappa shape index (κ2) is 9.79. The van der Waals surface area contributed by atoms with Crippen LogP contribution in [0.3, 0.4) is 0 Å². The molecule has 2 rings (SSSR count). The lowest BCUT2D eigenvalue weighted by Crippen LogP contribution is -2.39. The summed E-state index contributed by atoms with van der Waals surface area (Å²) in [5.41, 5.74) is 0. The highest BCUT2D eigenvalue weighted by Crippen LogP contribution is 2.26. The number of para-hydroxylation sites is 3. The summed E-state index contributed by atoms with van der Waals surface area (Å²) in [5.74, 6) is 1.59. The normalized spacial score (nSPS) is 11.5. The number of rotatable bonds is 9. The summed E-state index contributed by atoms with van der Waals surface area (Å²) >= 11 is 6.06. The molecule has 1 N–H and O–H groups in total. The Bertz CT molecular complexity index is 693. The lowest BCUT2D eigenvalue weighted by Gasteiger charge is -2.18. The molecule has 0 heterocycles. The van der Waals surface area contributed by atoms with Gasteiger partial charge in [-0.1, -0.05) is 42.8 Å². The third-order valence-corrected chi connectivity index (χ3v) is 3.81. The highest BCUT2D eigenvalue weighted by Gasteiger charge is 2.19. The molecule has 25 heavy (non-hydrogen) atoms. The number of carbonyl (C=O) groups excluding carboxylic acids is 1. The van der Waals surface area contributed by atoms with Gasteiger partial charge in [-0.05, 0) is 30.7 Å². The molecular weight excluding hydrogens is 342 g/mol. The standard InChI is InChI=1S/C19H22ClNO4/c1-3-15(25-16-9-5-4-8-14(16)20)19(22)21-12-13-24-18-11-7-6-10-17(18)23-2/h4-11,15H,3,12-13H2,1-2H3,(H,21,22)/t15-/m0/s1. The van der Waals surface area contributed by atoms with Gasteiger partial charge < -0.3 is 19.5 Å². The minimum Gasteiger partial charge on any atom is -0.493 e. The van der Waals surface area contributed by atoms with Crippen LogP contribution in [0, 0.1) is 0 Å². The lowest BCUT2D eigenvalue weighted by atomic mass is 10.2. The van der Waals surface area contributed by atoms with Crippen molar-refractivity contribution in [1.82, 2.24) is 5.32 Å². The maximum Gasteiger partial charge on any atom is 0.261 e. The van der Waals surface area contributed by atoms with Gasteiger partial charge in [0.1, 0.15) is 12.4 Å². The van der Waals surface area contributed by atoms with E-state index in [1.807, 2.05) is 43.3 Å². The number of nitrogens with one attached hydrogen (secondary N) is 1. The van der Waals surface area contributed by atoms with E-state index in [9.17, 15) is 4.79 Å². The van der Waals surface area contributed by atoms with Gasteiger partial charge >= 0.3 is 0 Å². The van der Waals surface area contributed by atoms with Crippen molar-refractivity contribution in [1.29, 1.82) is 0 Å². The zero-order valence-corrected chi connectivity index (χ0v) is 15.1. The van der Waals surface area contributed by atoms with Gasteiger partial charge in [-0.15, -0.1) is 0 Å². The van der Waals surface area contributed by atoms with Crippen molar-refractivity contribution in [2.45, 2.75) is 19.4 Å². The average molecular weight is 364 g/mol. The first-order valence-electron chi connectivity index (χ1n) is 8.10. The van der Waals surface area contributed by atoms with Crippen LogP contribution in [0.5, 0.6) is 17.2 Å². The summed E-state index contributed by atoms with van der Waals surface area (Å²) in [6, 6.07) is 14.4. The molecule has 1 atom stereocenters. The molecule has 5 nitrogen and oxygen atoms in total. The Morgan fingerprint density at radius 1 is 1.08 bits per heavy atom. The zero-order chi connectivity index (χ0) is 18.1. The van der Waals surface area contributed by atoms with Crippen LogP contribution in [0.2, 0.25) is 5.02 Å². The van der Waals surface area contributed by atoms with Crippen LogP contribution < -0.4 is 19.5 Å². The third kappa shape index (κ3) is 5.57. The Morgan fingerprint density at radius 2 is 1.72 bits per heavy atom. The summed E-state index contributed by atoms with van der Waals surface area (Å²) in [6.07, 6.45) is -0.0732. The molecule has 0 aliphatic carbocycles. The van der Waals surface area contributed by atoms with E-state index in [1.54, 1.807) is 19.2 Å². The molecule has 0 spiro atoms. The van der Waals surface area contributed by atoms with Crippen LogP contribution in [-0.4, -0.2) is 32.3 Å². The van der Waals surface area contributed by atoms with Crippen LogP contribution in [0.4, 0.5) is 0 Å². The van der Waals surface area contributed by atoms with Crippen molar-refractivity contribution in [3.8, 4) is 17.2 Å². The molecule has 134 valence electrons. The Morgan fingerprint density at radius 3 is 2.36 bits per heavy atom. The van der Waals surface area contributed by atoms with E-state index in [2.05, 4.69) is 5.32 Å². The molecule has 0 bridgehead atoms. The number of methoxy groups -OCH3 is 1. The van der Waals surface area contributed by atoms with Crippen molar-refractivity contribution >= 4 is 17.5 Å². The molecule has 6 heteroatoms. The van der Waals surface area contributed by atoms with Crippen molar-refractivity contribution < 1.29 is 19.0 Å². The number of hydrogen-bond donors (Lipinski definition) is 1. The first-order valence-corrected chi connectivity index (χ1v) is 8.48. The summed E-state index contributed by atoms with van der Waals surface area (Å²) in [6.45, 7) is 2.57. The van der Waals surface area contributed by atoms with Crippen LogP contribution in [-0.2, 0) is 4.79 Å². The first kappa shape index (κ1) is 18.9. The smallest absolute Gasteiger partial charge is 0.261 e. The monoisotopic (exact) mass is 363 g/mol. The van der Waals surface area contributed by atoms with E-state index >= 15 is 0 Å². The van der Waals surface area contributed by atoms with E-state index in [1.165, 1.54) is 0 Å². The van der Waals surface area contributed by atoms with Gasteiger partial charge in [0.05, 0.1) is 18.7 Å². The molecule has 0 fully saturated rings. The van der Waals surface area contributed by atoms with Crippen molar-refractivity contribution in [3.63, 3.8) is 0 Å². The maximum atomic E-state index is 12.3. The fourth-order valence-corrected chi connectivity index (χ4v) is 2.38. The number of benzene rings is 2. The highest BCUT2D eigenvalue weighted by molar-refractivity contribution is 6.32. The van der Waals surface area contributed by atoms with E-state index in [0.717, 1.165) is 0 Å². The second-order valence-electron chi connectivity index (χ2n) is 5.24. The van der Waals surface area contributed by atoms with Crippen molar-refractivity contribution in [2.75, 3.05) is 20.3 Å². The first-order chi connectivity index (χ1) is 12.2. The summed E-state index contributed by atoms with van der Waals surface area (Å²) < 4.78 is 16.5. The fraction of sp³-hybridized carbons (Fsp3) is 0.316. The SMILES string of the molecule is CC[C@H](Oc1ccccc1Cl)C(=O)NCCOc1ccccc1OC. The van der Waals surface area contributed by atoms with Crippen LogP contribution in [0.1, 0.15) is 13.3 Å². The number of carbonyl (C=O) groups is 1. The van der Waals surface area contributed by atoms with E-state index in [4.69, 9.17) is 25.8 Å². The molecule has 1 amide bonds. The topological polar surface area (TPSA) is 56.8 Å². The third-order valence-electron chi connectivity index (χ3n) is 3.50. The minimum atomic E-state index is -0.605. The molecule has 0 saturated carbocycles. The molecular formula is C19H22ClNO4. The molecule has 0 aliphatic heterocycles. The van der Waals surface area contributed by atoms with Crippen LogP contribution in [0.25, 0.3) is 0 Å². The van der Waals surface area contributed by atoms with Gasteiger partial charge in [-0.25, -0.2) is 0 Å². The van der Waals surface area contributed by atoms with Gasteiger partial charge in [0.2, 0.25) is 0 Å². The maximum absolute atomic E-state index is 12.3. The zero-order valence-electron chi connectivity index (χ0n) is 14.3. The van der Waals surface area contributed by atoms with E-state index in [-0.39, 0.29) is 5.91 Å². The fourth-order valence-electron chi connectivity index (χ4n) is 2.20. The summed E-state index contributed by atoms with van der Waals surface area (Å²) in [5, 5.41) is 3.29. The van der Waals surface area contributed by atoms with Gasteiger partial charge in [-0.3, -0.25) is 4.79 Å². The highest BCUT2D eigenvalue weighted by atomic mass is 35.5. The molecule has 0 aliphatic rings. The van der Waals surface area contributed by atoms with E-state index < -0.39 is 6.10 Å². The van der Waals surface area contributed by atoms with Crippen LogP contribution in [0.15, 0.2) is 48.5 Å². The number of halogens is 1. The largest absolute Gasteiger partial charge is 0.493 e. The second-order valence-corrected chi connectivity index (χ2v) is 5.64. The number of ether oxygens (including phenoxy) is 3. The molecule has 0 saturated heterocycles. The predicted molar refractivity (Wildman–Crippen MR) is 97.7 cm³/mol. The molecule has 0 unspecified atom stereocenters. The number of hydrogen-bond acceptors (Lipinski definition) is 4. The van der Waals surface area contributed by atoms with E-state index in [0.29, 0.717) is 41.8 Å². The molecule has 2 aromatic rings. The van der Waals surface area contributed by atoms with Gasteiger partial charge in [0.25, 0.3) is 5.91 Å². The summed E-state index contributed by atoms with van der Waals surface area (Å²) in [7, 11) is 1.59. The van der Waals surface area contributed by atoms with Crippen molar-refractivity contribution in [2.24, 2.45) is 0 Å². The van der Waals surface area contributed by atoms with Gasteiger partial charge in [0, 0.05) is 0 Å². The Hall–Kier alpha value is -2.40.